The molecule has 1 unspecified atom stereocenters. The third-order valence-corrected chi connectivity index (χ3v) is 8.99. The van der Waals surface area contributed by atoms with Gasteiger partial charge in [-0.2, -0.15) is 0 Å². The maximum absolute atomic E-state index is 14.5. The number of anilines is 2. The molecule has 0 saturated carbocycles. The molecule has 3 amide bonds. The fourth-order valence-corrected chi connectivity index (χ4v) is 7.03. The van der Waals surface area contributed by atoms with E-state index >= 15 is 0 Å². The molecule has 4 heterocycles. The first kappa shape index (κ1) is 27.4. The van der Waals surface area contributed by atoms with E-state index in [1.165, 1.54) is 0 Å². The summed E-state index contributed by atoms with van der Waals surface area (Å²) in [5, 5.41) is 9.60. The fraction of sp³-hybridized carbons (Fsp3) is 0.567. The molecule has 4 aliphatic rings. The van der Waals surface area contributed by atoms with Crippen molar-refractivity contribution in [1.82, 2.24) is 9.80 Å². The number of hydrogen-bond acceptors (Lipinski definition) is 6. The van der Waals surface area contributed by atoms with Crippen LogP contribution in [0.4, 0.5) is 11.4 Å². The smallest absolute Gasteiger partial charge is 0.253 e. The fourth-order valence-electron chi connectivity index (χ4n) is 7.03. The van der Waals surface area contributed by atoms with Crippen LogP contribution < -0.4 is 9.80 Å². The number of carbonyl (C=O) groups is 3. The first-order valence-corrected chi connectivity index (χ1v) is 14.2. The number of ether oxygens (including phenoxy) is 1. The monoisotopic (exact) mass is 536 g/mol. The van der Waals surface area contributed by atoms with Crippen LogP contribution in [0.15, 0.2) is 48.6 Å². The molecule has 0 bridgehead atoms. The molecule has 0 aliphatic carbocycles. The number of aliphatic hydroxyl groups excluding tert-OH is 1. The number of likely N-dealkylation sites (tertiary alicyclic amines) is 1. The summed E-state index contributed by atoms with van der Waals surface area (Å²) < 4.78 is 6.91. The Kier molecular flexibility index (Phi) is 7.33. The molecule has 2 fully saturated rings. The van der Waals surface area contributed by atoms with Crippen molar-refractivity contribution in [2.75, 3.05) is 56.2 Å². The van der Waals surface area contributed by atoms with Crippen LogP contribution in [0.3, 0.4) is 0 Å². The Morgan fingerprint density at radius 2 is 1.64 bits per heavy atom. The highest BCUT2D eigenvalue weighted by Gasteiger charge is 2.75. The predicted molar refractivity (Wildman–Crippen MR) is 149 cm³/mol. The van der Waals surface area contributed by atoms with Crippen LogP contribution in [-0.2, 0) is 19.1 Å². The predicted octanol–water partition coefficient (Wildman–Crippen LogP) is 2.21. The first-order valence-electron chi connectivity index (χ1n) is 14.2. The van der Waals surface area contributed by atoms with E-state index in [2.05, 4.69) is 18.7 Å². The van der Waals surface area contributed by atoms with E-state index in [1.54, 1.807) is 21.7 Å². The van der Waals surface area contributed by atoms with Gasteiger partial charge in [-0.05, 0) is 51.0 Å². The molecular formula is C30H40N4O5. The van der Waals surface area contributed by atoms with Gasteiger partial charge in [0.2, 0.25) is 11.8 Å². The normalized spacial score (nSPS) is 31.8. The molecule has 4 aliphatic heterocycles. The van der Waals surface area contributed by atoms with Crippen molar-refractivity contribution in [3.63, 3.8) is 0 Å². The van der Waals surface area contributed by atoms with Gasteiger partial charge in [-0.3, -0.25) is 14.4 Å². The van der Waals surface area contributed by atoms with Gasteiger partial charge in [0.05, 0.1) is 17.4 Å². The van der Waals surface area contributed by atoms with Gasteiger partial charge in [0.25, 0.3) is 5.91 Å². The van der Waals surface area contributed by atoms with Crippen molar-refractivity contribution in [3.05, 3.63) is 48.6 Å². The minimum Gasteiger partial charge on any atom is -0.396 e. The zero-order valence-electron chi connectivity index (χ0n) is 23.4. The van der Waals surface area contributed by atoms with Crippen LogP contribution in [0.1, 0.15) is 33.6 Å². The summed E-state index contributed by atoms with van der Waals surface area (Å²) in [6, 6.07) is 6.98. The molecule has 39 heavy (non-hydrogen) atoms. The molecule has 5 rings (SSSR count). The van der Waals surface area contributed by atoms with Crippen LogP contribution in [0.25, 0.3) is 0 Å². The highest BCUT2D eigenvalue weighted by molar-refractivity contribution is 6.06. The molecule has 1 aromatic carbocycles. The highest BCUT2D eigenvalue weighted by Crippen LogP contribution is 2.58. The number of aliphatic hydroxyl groups is 1. The lowest BCUT2D eigenvalue weighted by Crippen LogP contribution is -2.56. The van der Waals surface area contributed by atoms with Gasteiger partial charge in [0.1, 0.15) is 11.6 Å². The number of carbonyl (C=O) groups excluding carboxylic acids is 3. The van der Waals surface area contributed by atoms with E-state index in [1.807, 2.05) is 55.5 Å². The van der Waals surface area contributed by atoms with E-state index < -0.39 is 29.1 Å². The number of fused-ring (bicyclic) bond motifs is 2. The molecule has 2 saturated heterocycles. The van der Waals surface area contributed by atoms with Gasteiger partial charge < -0.3 is 29.4 Å². The Morgan fingerprint density at radius 1 is 0.949 bits per heavy atom. The van der Waals surface area contributed by atoms with E-state index in [9.17, 15) is 19.5 Å². The topological polar surface area (TPSA) is 93.6 Å². The quantitative estimate of drug-likeness (QED) is 0.512. The molecule has 0 aromatic heterocycles. The molecule has 210 valence electrons. The number of hydrogen-bond donors (Lipinski definition) is 1. The number of amides is 3. The zero-order chi connectivity index (χ0) is 27.9. The number of nitrogens with zero attached hydrogens (tertiary/aromatic N) is 4. The standard InChI is InChI=1S/C30H40N4O5/c1-5-29-15-8-17-31(4)26(36)23(29)24-27(37)34(19-10-20-35)25-28(38)33(18-9-16-30(24,25)39-29)22-13-11-21(12-14-22)32(6-2)7-3/h8-9,11-16,23-25,35H,5-7,10,17-20H2,1-4H3/t23-,24+,25?,29+,30+/m1/s1. The maximum Gasteiger partial charge on any atom is 0.253 e. The lowest BCUT2D eigenvalue weighted by molar-refractivity contribution is -0.149. The van der Waals surface area contributed by atoms with Gasteiger partial charge in [0, 0.05) is 57.8 Å². The summed E-state index contributed by atoms with van der Waals surface area (Å²) in [5.41, 5.74) is -0.436. The molecule has 1 spiro atoms. The Bertz CT molecular complexity index is 1180. The van der Waals surface area contributed by atoms with Gasteiger partial charge >= 0.3 is 0 Å². The Hall–Kier alpha value is -3.17. The largest absolute Gasteiger partial charge is 0.396 e. The second-order valence-corrected chi connectivity index (χ2v) is 10.9. The van der Waals surface area contributed by atoms with E-state index in [4.69, 9.17) is 4.74 Å². The summed E-state index contributed by atoms with van der Waals surface area (Å²) in [7, 11) is 1.74. The molecular weight excluding hydrogens is 496 g/mol. The second-order valence-electron chi connectivity index (χ2n) is 10.9. The highest BCUT2D eigenvalue weighted by atomic mass is 16.5. The molecule has 9 heteroatoms. The van der Waals surface area contributed by atoms with Gasteiger partial charge in [-0.15, -0.1) is 0 Å². The van der Waals surface area contributed by atoms with Crippen LogP contribution in [0.5, 0.6) is 0 Å². The first-order chi connectivity index (χ1) is 18.8. The number of likely N-dealkylation sites (N-methyl/N-ethyl adjacent to an activating group) is 1. The molecule has 1 N–H and O–H groups in total. The Labute approximate surface area is 230 Å². The van der Waals surface area contributed by atoms with Crippen molar-refractivity contribution in [3.8, 4) is 0 Å². The zero-order valence-corrected chi connectivity index (χ0v) is 23.4. The maximum atomic E-state index is 14.5. The lowest BCUT2D eigenvalue weighted by atomic mass is 9.73. The van der Waals surface area contributed by atoms with Gasteiger partial charge in [0.15, 0.2) is 0 Å². The van der Waals surface area contributed by atoms with E-state index in [0.717, 1.165) is 24.5 Å². The SMILES string of the molecule is CCN(CC)c1ccc(N2CC=C[C@]34O[C@@]5(CC)C=CCN(C)C(=O)[C@H]5[C@H]3C(=O)N(CCCO)C4C2=O)cc1. The molecule has 1 aromatic rings. The number of benzene rings is 1. The van der Waals surface area contributed by atoms with Crippen molar-refractivity contribution >= 4 is 29.1 Å². The molecule has 9 nitrogen and oxygen atoms in total. The van der Waals surface area contributed by atoms with Crippen molar-refractivity contribution in [1.29, 1.82) is 0 Å². The third kappa shape index (κ3) is 4.09. The van der Waals surface area contributed by atoms with Gasteiger partial charge in [-0.1, -0.05) is 31.2 Å². The molecule has 5 atom stereocenters. The average Bonchev–Trinajstić information content (AvgIpc) is 3.24. The average molecular weight is 537 g/mol. The summed E-state index contributed by atoms with van der Waals surface area (Å²) in [4.78, 5) is 49.5. The number of rotatable bonds is 8. The van der Waals surface area contributed by atoms with E-state index in [-0.39, 0.29) is 30.9 Å². The lowest BCUT2D eigenvalue weighted by Gasteiger charge is -2.38. The minimum atomic E-state index is -1.28. The Morgan fingerprint density at radius 3 is 2.28 bits per heavy atom. The van der Waals surface area contributed by atoms with Crippen molar-refractivity contribution in [2.45, 2.75) is 50.9 Å². The minimum absolute atomic E-state index is 0.109. The Balaban J connectivity index is 1.59. The van der Waals surface area contributed by atoms with E-state index in [0.29, 0.717) is 25.9 Å². The molecule has 0 radical (unpaired) electrons. The summed E-state index contributed by atoms with van der Waals surface area (Å²) >= 11 is 0. The van der Waals surface area contributed by atoms with Crippen LogP contribution in [0, 0.1) is 11.8 Å². The third-order valence-electron chi connectivity index (χ3n) is 8.99. The summed E-state index contributed by atoms with van der Waals surface area (Å²) in [5.74, 6) is -2.21. The van der Waals surface area contributed by atoms with Gasteiger partial charge in [-0.25, -0.2) is 0 Å². The summed E-state index contributed by atoms with van der Waals surface area (Å²) in [6.45, 7) is 8.81. The van der Waals surface area contributed by atoms with Crippen molar-refractivity contribution < 1.29 is 24.2 Å². The van der Waals surface area contributed by atoms with Crippen LogP contribution in [0.2, 0.25) is 0 Å². The summed E-state index contributed by atoms with van der Waals surface area (Å²) in [6.07, 6.45) is 8.46. The van der Waals surface area contributed by atoms with Crippen LogP contribution >= 0.6 is 0 Å². The van der Waals surface area contributed by atoms with Crippen molar-refractivity contribution in [2.24, 2.45) is 11.8 Å². The van der Waals surface area contributed by atoms with Crippen LogP contribution in [-0.4, -0.2) is 96.3 Å². The second kappa shape index (κ2) is 10.4.